The van der Waals surface area contributed by atoms with Crippen LogP contribution in [0.1, 0.15) is 6.92 Å². The first kappa shape index (κ1) is 25.5. The molecular weight excluding hydrogens is 539 g/mol. The van der Waals surface area contributed by atoms with Crippen LogP contribution in [0.2, 0.25) is 0 Å². The third-order valence-electron chi connectivity index (χ3n) is 8.54. The van der Waals surface area contributed by atoms with E-state index in [0.29, 0.717) is 0 Å². The topological polar surface area (TPSA) is 15.8 Å². The Kier molecular flexibility index (Phi) is 6.10. The molecule has 0 amide bonds. The number of aromatic amines is 1. The zero-order valence-corrected chi connectivity index (χ0v) is 24.7. The average molecular weight is 568 g/mol. The van der Waals surface area contributed by atoms with Crippen LogP contribution in [0, 0.1) is 0 Å². The number of aromatic nitrogens is 1. The van der Waals surface area contributed by atoms with E-state index in [0.717, 1.165) is 0 Å². The standard InChI is InChI=1S/C41H29NS/c1-3-10-34-37-25-30(20-22-39(37)43-38(34)4-2)28-13-7-12-27(23-28)29-14-8-15-31(24-29)33-17-9-18-35-36-21-19-26-11-5-6-16-32(26)40(36)42-41(33)35/h3-25,42H,1H2,2H3/b34-10-,38-4+. The average Bonchev–Trinajstić information content (AvgIpc) is 3.63. The summed E-state index contributed by atoms with van der Waals surface area (Å²) in [6.45, 7) is 6.05. The minimum Gasteiger partial charge on any atom is -0.353 e. The highest BCUT2D eigenvalue weighted by Gasteiger charge is 2.13. The van der Waals surface area contributed by atoms with Gasteiger partial charge in [0.05, 0.1) is 11.0 Å². The molecular formula is C41H29NS. The van der Waals surface area contributed by atoms with Crippen LogP contribution in [-0.4, -0.2) is 4.98 Å². The Balaban J connectivity index is 1.23. The molecule has 1 nitrogen and oxygen atoms in total. The van der Waals surface area contributed by atoms with E-state index in [9.17, 15) is 0 Å². The van der Waals surface area contributed by atoms with Gasteiger partial charge in [0.15, 0.2) is 0 Å². The highest BCUT2D eigenvalue weighted by molar-refractivity contribution is 7.17. The van der Waals surface area contributed by atoms with E-state index in [1.54, 1.807) is 0 Å². The third-order valence-corrected chi connectivity index (χ3v) is 9.79. The Morgan fingerprint density at radius 1 is 0.581 bits per heavy atom. The van der Waals surface area contributed by atoms with Crippen molar-refractivity contribution in [3.05, 3.63) is 144 Å². The molecule has 0 bridgehead atoms. The maximum atomic E-state index is 3.95. The summed E-state index contributed by atoms with van der Waals surface area (Å²) in [6.07, 6.45) is 6.19. The van der Waals surface area contributed by atoms with Crippen LogP contribution in [0.25, 0.3) is 88.2 Å². The van der Waals surface area contributed by atoms with Gasteiger partial charge in [0.25, 0.3) is 0 Å². The fourth-order valence-corrected chi connectivity index (χ4v) is 7.53. The van der Waals surface area contributed by atoms with Gasteiger partial charge < -0.3 is 4.98 Å². The molecule has 204 valence electrons. The molecule has 43 heavy (non-hydrogen) atoms. The van der Waals surface area contributed by atoms with Crippen molar-refractivity contribution in [3.63, 3.8) is 0 Å². The highest BCUT2D eigenvalue weighted by atomic mass is 32.1. The van der Waals surface area contributed by atoms with Crippen LogP contribution >= 0.6 is 11.3 Å². The quantitative estimate of drug-likeness (QED) is 0.218. The zero-order chi connectivity index (χ0) is 28.9. The van der Waals surface area contributed by atoms with Crippen molar-refractivity contribution in [1.82, 2.24) is 4.98 Å². The number of allylic oxidation sites excluding steroid dienone is 1. The Labute approximate surface area is 254 Å². The predicted octanol–water partition coefficient (Wildman–Crippen LogP) is 10.5. The molecule has 0 radical (unpaired) electrons. The van der Waals surface area contributed by atoms with E-state index < -0.39 is 0 Å². The Bertz CT molecular complexity index is 2490. The van der Waals surface area contributed by atoms with Crippen molar-refractivity contribution >= 4 is 66.2 Å². The van der Waals surface area contributed by atoms with Crippen LogP contribution < -0.4 is 9.75 Å². The number of fused-ring (bicyclic) bond motifs is 6. The van der Waals surface area contributed by atoms with Gasteiger partial charge in [-0.3, -0.25) is 0 Å². The summed E-state index contributed by atoms with van der Waals surface area (Å²) < 4.78 is 2.59. The van der Waals surface area contributed by atoms with E-state index in [2.05, 4.69) is 152 Å². The first-order chi connectivity index (χ1) is 21.2. The maximum absolute atomic E-state index is 3.95. The van der Waals surface area contributed by atoms with Crippen molar-refractivity contribution < 1.29 is 0 Å². The number of hydrogen-bond donors (Lipinski definition) is 1. The molecule has 8 aromatic rings. The lowest BCUT2D eigenvalue weighted by atomic mass is 9.95. The van der Waals surface area contributed by atoms with E-state index in [1.807, 2.05) is 17.4 Å². The van der Waals surface area contributed by atoms with Crippen LogP contribution in [0.3, 0.4) is 0 Å². The van der Waals surface area contributed by atoms with Crippen LogP contribution in [0.5, 0.6) is 0 Å². The van der Waals surface area contributed by atoms with Crippen molar-refractivity contribution in [2.75, 3.05) is 0 Å². The lowest BCUT2D eigenvalue weighted by Gasteiger charge is -2.10. The second-order valence-electron chi connectivity index (χ2n) is 11.0. The summed E-state index contributed by atoms with van der Waals surface area (Å²) in [5.41, 5.74) is 9.65. The molecule has 0 saturated carbocycles. The van der Waals surface area contributed by atoms with E-state index in [-0.39, 0.29) is 0 Å². The van der Waals surface area contributed by atoms with Gasteiger partial charge >= 0.3 is 0 Å². The SMILES string of the molecule is C=C/C=c1\c(=C/C)sc2ccc(-c3cccc(-c4cccc(-c5cccc6c5[nH]c5c7ccccc7ccc65)c4)c3)cc12. The van der Waals surface area contributed by atoms with Gasteiger partial charge in [0.1, 0.15) is 0 Å². The van der Waals surface area contributed by atoms with Gasteiger partial charge in [0.2, 0.25) is 0 Å². The predicted molar refractivity (Wildman–Crippen MR) is 189 cm³/mol. The van der Waals surface area contributed by atoms with Gasteiger partial charge in [-0.1, -0.05) is 122 Å². The molecule has 2 heterocycles. The molecule has 1 N–H and O–H groups in total. The second kappa shape index (κ2) is 10.3. The van der Waals surface area contributed by atoms with Crippen molar-refractivity contribution in [1.29, 1.82) is 0 Å². The van der Waals surface area contributed by atoms with Crippen LogP contribution in [0.15, 0.2) is 134 Å². The number of para-hydroxylation sites is 1. The molecule has 0 aliphatic rings. The van der Waals surface area contributed by atoms with Gasteiger partial charge in [-0.2, -0.15) is 0 Å². The molecule has 0 spiro atoms. The number of hydrogen-bond acceptors (Lipinski definition) is 1. The normalized spacial score (nSPS) is 12.7. The number of thiophene rings is 1. The fourth-order valence-electron chi connectivity index (χ4n) is 6.47. The number of nitrogens with one attached hydrogen (secondary N) is 1. The smallest absolute Gasteiger partial charge is 0.0544 e. The molecule has 0 saturated heterocycles. The van der Waals surface area contributed by atoms with Crippen molar-refractivity contribution in [2.24, 2.45) is 0 Å². The summed E-state index contributed by atoms with van der Waals surface area (Å²) in [4.78, 5) is 3.80. The molecule has 2 heteroatoms. The Hall–Kier alpha value is -5.18. The molecule has 0 atom stereocenters. The molecule has 8 rings (SSSR count). The van der Waals surface area contributed by atoms with Crippen molar-refractivity contribution in [3.8, 4) is 33.4 Å². The van der Waals surface area contributed by atoms with Gasteiger partial charge in [0, 0.05) is 36.3 Å². The summed E-state index contributed by atoms with van der Waals surface area (Å²) in [5, 5.41) is 7.56. The summed E-state index contributed by atoms with van der Waals surface area (Å²) in [5.74, 6) is 0. The largest absolute Gasteiger partial charge is 0.353 e. The Morgan fingerprint density at radius 3 is 2.05 bits per heavy atom. The van der Waals surface area contributed by atoms with Crippen molar-refractivity contribution in [2.45, 2.75) is 6.92 Å². The maximum Gasteiger partial charge on any atom is 0.0544 e. The first-order valence-electron chi connectivity index (χ1n) is 14.7. The number of H-pyrrole nitrogens is 1. The molecule has 0 unspecified atom stereocenters. The minimum atomic E-state index is 1.18. The summed E-state index contributed by atoms with van der Waals surface area (Å²) in [6, 6.07) is 44.3. The monoisotopic (exact) mass is 567 g/mol. The van der Waals surface area contributed by atoms with Gasteiger partial charge in [-0.15, -0.1) is 11.3 Å². The lowest BCUT2D eigenvalue weighted by Crippen LogP contribution is -2.17. The molecule has 0 aliphatic carbocycles. The summed E-state index contributed by atoms with van der Waals surface area (Å²) in [7, 11) is 0. The van der Waals surface area contributed by atoms with E-state index >= 15 is 0 Å². The molecule has 2 aromatic heterocycles. The lowest BCUT2D eigenvalue weighted by molar-refractivity contribution is 1.54. The van der Waals surface area contributed by atoms with E-state index in [4.69, 9.17) is 0 Å². The van der Waals surface area contributed by atoms with E-state index in [1.165, 1.54) is 85.8 Å². The van der Waals surface area contributed by atoms with Gasteiger partial charge in [-0.05, 0) is 69.6 Å². The molecule has 6 aromatic carbocycles. The fraction of sp³-hybridized carbons (Fsp3) is 0.0244. The Morgan fingerprint density at radius 2 is 1.26 bits per heavy atom. The summed E-state index contributed by atoms with van der Waals surface area (Å²) >= 11 is 1.83. The number of benzene rings is 6. The highest BCUT2D eigenvalue weighted by Crippen LogP contribution is 2.37. The van der Waals surface area contributed by atoms with Gasteiger partial charge in [-0.25, -0.2) is 0 Å². The second-order valence-corrected chi connectivity index (χ2v) is 12.1. The molecule has 0 fully saturated rings. The minimum absolute atomic E-state index is 1.18. The first-order valence-corrected chi connectivity index (χ1v) is 15.5. The molecule has 0 aliphatic heterocycles. The zero-order valence-electron chi connectivity index (χ0n) is 23.9. The third kappa shape index (κ3) is 4.22. The van der Waals surface area contributed by atoms with Crippen LogP contribution in [0.4, 0.5) is 0 Å². The van der Waals surface area contributed by atoms with Crippen LogP contribution in [-0.2, 0) is 0 Å². The number of rotatable bonds is 4.